The van der Waals surface area contributed by atoms with Gasteiger partial charge in [0, 0.05) is 17.3 Å². The van der Waals surface area contributed by atoms with Crippen molar-refractivity contribution in [3.63, 3.8) is 0 Å². The molecule has 6 nitrogen and oxygen atoms in total. The molecule has 0 aliphatic carbocycles. The van der Waals surface area contributed by atoms with Gasteiger partial charge in [-0.25, -0.2) is 0 Å². The van der Waals surface area contributed by atoms with Crippen molar-refractivity contribution in [3.05, 3.63) is 83.6 Å². The summed E-state index contributed by atoms with van der Waals surface area (Å²) in [5.41, 5.74) is 1.88. The van der Waals surface area contributed by atoms with Crippen LogP contribution in [0.2, 0.25) is 5.02 Å². The van der Waals surface area contributed by atoms with Gasteiger partial charge in [0.25, 0.3) is 0 Å². The topological polar surface area (TPSA) is 73.0 Å². The predicted octanol–water partition coefficient (Wildman–Crippen LogP) is 4.59. The van der Waals surface area contributed by atoms with Crippen molar-refractivity contribution in [1.29, 1.82) is 0 Å². The smallest absolute Gasteiger partial charge is 0.230 e. The molecule has 0 unspecified atom stereocenters. The van der Waals surface area contributed by atoms with E-state index in [-0.39, 0.29) is 11.7 Å². The quantitative estimate of drug-likeness (QED) is 0.439. The monoisotopic (exact) mass is 424 g/mol. The highest BCUT2D eigenvalue weighted by molar-refractivity contribution is 7.99. The van der Waals surface area contributed by atoms with Crippen LogP contribution >= 0.6 is 23.4 Å². The van der Waals surface area contributed by atoms with Gasteiger partial charge in [0.2, 0.25) is 11.7 Å². The van der Waals surface area contributed by atoms with Crippen molar-refractivity contribution in [2.45, 2.75) is 11.7 Å². The summed E-state index contributed by atoms with van der Waals surface area (Å²) in [7, 11) is 0. The minimum absolute atomic E-state index is 0.0796. The number of amides is 1. The third-order valence-corrected chi connectivity index (χ3v) is 5.31. The van der Waals surface area contributed by atoms with Gasteiger partial charge in [-0.3, -0.25) is 9.36 Å². The number of hydrogen-bond acceptors (Lipinski definition) is 5. The average Bonchev–Trinajstić information content (AvgIpc) is 3.42. The Morgan fingerprint density at radius 1 is 1.03 bits per heavy atom. The van der Waals surface area contributed by atoms with Crippen molar-refractivity contribution < 1.29 is 9.21 Å². The van der Waals surface area contributed by atoms with E-state index in [4.69, 9.17) is 16.0 Å². The lowest BCUT2D eigenvalue weighted by atomic mass is 10.2. The zero-order chi connectivity index (χ0) is 20.1. The van der Waals surface area contributed by atoms with E-state index in [1.165, 1.54) is 11.8 Å². The van der Waals surface area contributed by atoms with Gasteiger partial charge in [0.1, 0.15) is 0 Å². The molecule has 146 valence electrons. The summed E-state index contributed by atoms with van der Waals surface area (Å²) in [5.74, 6) is 1.29. The Labute approximate surface area is 176 Å². The fourth-order valence-corrected chi connectivity index (χ4v) is 3.64. The number of furan rings is 1. The van der Waals surface area contributed by atoms with Crippen LogP contribution in [0, 0.1) is 0 Å². The summed E-state index contributed by atoms with van der Waals surface area (Å²) in [6.45, 7) is 0.488. The third-order valence-electron chi connectivity index (χ3n) is 4.12. The maximum Gasteiger partial charge on any atom is 0.230 e. The molecule has 0 saturated carbocycles. The van der Waals surface area contributed by atoms with Crippen LogP contribution in [0.1, 0.15) is 5.56 Å². The SMILES string of the molecule is O=C(CSc1nnc(-c2ccco2)n1-c1ccc(Cl)cc1)NCc1ccccc1. The molecule has 29 heavy (non-hydrogen) atoms. The van der Waals surface area contributed by atoms with Crippen molar-refractivity contribution in [1.82, 2.24) is 20.1 Å². The van der Waals surface area contributed by atoms with E-state index in [1.807, 2.05) is 53.1 Å². The van der Waals surface area contributed by atoms with Crippen molar-refractivity contribution in [2.75, 3.05) is 5.75 Å². The van der Waals surface area contributed by atoms with E-state index in [9.17, 15) is 4.79 Å². The van der Waals surface area contributed by atoms with Crippen molar-refractivity contribution in [2.24, 2.45) is 0 Å². The summed E-state index contributed by atoms with van der Waals surface area (Å²) < 4.78 is 7.35. The Bertz CT molecular complexity index is 1080. The average molecular weight is 425 g/mol. The lowest BCUT2D eigenvalue weighted by Gasteiger charge is -2.09. The summed E-state index contributed by atoms with van der Waals surface area (Å²) >= 11 is 7.33. The number of hydrogen-bond donors (Lipinski definition) is 1. The second-order valence-electron chi connectivity index (χ2n) is 6.15. The normalized spacial score (nSPS) is 10.8. The highest BCUT2D eigenvalue weighted by Gasteiger charge is 2.19. The number of aromatic nitrogens is 3. The van der Waals surface area contributed by atoms with Gasteiger partial charge in [-0.15, -0.1) is 10.2 Å². The molecule has 2 heterocycles. The van der Waals surface area contributed by atoms with Crippen LogP contribution in [0.15, 0.2) is 82.6 Å². The summed E-state index contributed by atoms with van der Waals surface area (Å²) in [6, 6.07) is 20.7. The van der Waals surface area contributed by atoms with Crippen molar-refractivity contribution >= 4 is 29.3 Å². The number of carbonyl (C=O) groups is 1. The van der Waals surface area contributed by atoms with Crippen LogP contribution in [0.3, 0.4) is 0 Å². The first kappa shape index (κ1) is 19.3. The van der Waals surface area contributed by atoms with E-state index >= 15 is 0 Å². The molecule has 0 spiro atoms. The van der Waals surface area contributed by atoms with Gasteiger partial charge in [-0.2, -0.15) is 0 Å². The van der Waals surface area contributed by atoms with Crippen LogP contribution in [0.25, 0.3) is 17.3 Å². The van der Waals surface area contributed by atoms with Gasteiger partial charge >= 0.3 is 0 Å². The van der Waals surface area contributed by atoms with E-state index in [1.54, 1.807) is 24.5 Å². The third kappa shape index (κ3) is 4.70. The van der Waals surface area contributed by atoms with Gasteiger partial charge in [0.05, 0.1) is 12.0 Å². The number of benzene rings is 2. The number of rotatable bonds is 7. The number of nitrogens with one attached hydrogen (secondary N) is 1. The summed E-state index contributed by atoms with van der Waals surface area (Å²) in [5, 5.41) is 12.7. The molecule has 0 aliphatic rings. The molecule has 0 aliphatic heterocycles. The van der Waals surface area contributed by atoms with E-state index < -0.39 is 0 Å². The Kier molecular flexibility index (Phi) is 5.97. The number of thioether (sulfide) groups is 1. The molecule has 2 aromatic carbocycles. The van der Waals surface area contributed by atoms with Crippen LogP contribution in [-0.4, -0.2) is 26.4 Å². The molecule has 4 rings (SSSR count). The minimum atomic E-state index is -0.0796. The predicted molar refractivity (Wildman–Crippen MR) is 113 cm³/mol. The fraction of sp³-hybridized carbons (Fsp3) is 0.0952. The molecular formula is C21H17ClN4O2S. The summed E-state index contributed by atoms with van der Waals surface area (Å²) in [4.78, 5) is 12.3. The molecule has 0 atom stereocenters. The molecule has 0 fully saturated rings. The first-order valence-corrected chi connectivity index (χ1v) is 10.3. The molecule has 4 aromatic rings. The second kappa shape index (κ2) is 8.98. The molecule has 1 N–H and O–H groups in total. The molecule has 2 aromatic heterocycles. The van der Waals surface area contributed by atoms with E-state index in [0.29, 0.717) is 28.3 Å². The molecule has 0 bridgehead atoms. The van der Waals surface area contributed by atoms with Crippen LogP contribution in [0.5, 0.6) is 0 Å². The largest absolute Gasteiger partial charge is 0.461 e. The Morgan fingerprint density at radius 2 is 1.83 bits per heavy atom. The van der Waals surface area contributed by atoms with Gasteiger partial charge in [-0.1, -0.05) is 53.7 Å². The number of halogens is 1. The first-order chi connectivity index (χ1) is 14.2. The fourth-order valence-electron chi connectivity index (χ4n) is 2.73. The van der Waals surface area contributed by atoms with E-state index in [2.05, 4.69) is 15.5 Å². The van der Waals surface area contributed by atoms with Crippen LogP contribution < -0.4 is 5.32 Å². The van der Waals surface area contributed by atoms with E-state index in [0.717, 1.165) is 11.3 Å². The lowest BCUT2D eigenvalue weighted by molar-refractivity contribution is -0.118. The number of nitrogens with zero attached hydrogens (tertiary/aromatic N) is 3. The molecule has 0 radical (unpaired) electrons. The molecule has 8 heteroatoms. The first-order valence-electron chi connectivity index (χ1n) is 8.89. The van der Waals surface area contributed by atoms with Gasteiger partial charge in [-0.05, 0) is 42.0 Å². The highest BCUT2D eigenvalue weighted by atomic mass is 35.5. The maximum atomic E-state index is 12.3. The van der Waals surface area contributed by atoms with Gasteiger partial charge in [0.15, 0.2) is 10.9 Å². The second-order valence-corrected chi connectivity index (χ2v) is 7.53. The molecular weight excluding hydrogens is 408 g/mol. The Balaban J connectivity index is 1.51. The van der Waals surface area contributed by atoms with Crippen LogP contribution in [0.4, 0.5) is 0 Å². The maximum absolute atomic E-state index is 12.3. The highest BCUT2D eigenvalue weighted by Crippen LogP contribution is 2.28. The zero-order valence-electron chi connectivity index (χ0n) is 15.3. The molecule has 1 amide bonds. The number of carbonyl (C=O) groups excluding carboxylic acids is 1. The Morgan fingerprint density at radius 3 is 2.55 bits per heavy atom. The Hall–Kier alpha value is -3.03. The van der Waals surface area contributed by atoms with Crippen molar-refractivity contribution in [3.8, 4) is 17.3 Å². The molecule has 0 saturated heterocycles. The summed E-state index contributed by atoms with van der Waals surface area (Å²) in [6.07, 6.45) is 1.58. The minimum Gasteiger partial charge on any atom is -0.461 e. The lowest BCUT2D eigenvalue weighted by Crippen LogP contribution is -2.24. The van der Waals surface area contributed by atoms with Crippen LogP contribution in [-0.2, 0) is 11.3 Å². The standard InChI is InChI=1S/C21H17ClN4O2S/c22-16-8-10-17(11-9-16)26-20(18-7-4-12-28-18)24-25-21(26)29-14-19(27)23-13-15-5-2-1-3-6-15/h1-12H,13-14H2,(H,23,27). The zero-order valence-corrected chi connectivity index (χ0v) is 16.9. The van der Waals surface area contributed by atoms with Gasteiger partial charge < -0.3 is 9.73 Å².